The molecule has 3 N–H and O–H groups in total. The minimum Gasteiger partial charge on any atom is -0.481 e. The van der Waals surface area contributed by atoms with Crippen molar-refractivity contribution in [1.82, 2.24) is 5.32 Å². The van der Waals surface area contributed by atoms with Gasteiger partial charge in [-0.3, -0.25) is 4.79 Å². The fourth-order valence-corrected chi connectivity index (χ4v) is 1.97. The van der Waals surface area contributed by atoms with Gasteiger partial charge in [-0.2, -0.15) is 0 Å². The molecule has 128 valence electrons. The Morgan fingerprint density at radius 2 is 1.38 bits per heavy atom. The molecule has 4 nitrogen and oxygen atoms in total. The molecule has 0 heterocycles. The average Bonchev–Trinajstić information content (AvgIpc) is 2.46. The van der Waals surface area contributed by atoms with E-state index in [-0.39, 0.29) is 0 Å². The Balaban J connectivity index is 0. The first kappa shape index (κ1) is 22.7. The maximum Gasteiger partial charge on any atom is 0.303 e. The van der Waals surface area contributed by atoms with Crippen molar-refractivity contribution >= 4 is 5.97 Å². The van der Waals surface area contributed by atoms with Gasteiger partial charge in [0.2, 0.25) is 0 Å². The van der Waals surface area contributed by atoms with Gasteiger partial charge in [-0.1, -0.05) is 65.2 Å². The van der Waals surface area contributed by atoms with E-state index in [4.69, 9.17) is 10.2 Å². The Hall–Kier alpha value is -0.610. The van der Waals surface area contributed by atoms with Crippen molar-refractivity contribution in [2.45, 2.75) is 84.5 Å². The Morgan fingerprint density at radius 1 is 0.857 bits per heavy atom. The second-order valence-electron chi connectivity index (χ2n) is 5.40. The van der Waals surface area contributed by atoms with E-state index in [9.17, 15) is 4.79 Å². The second-order valence-corrected chi connectivity index (χ2v) is 5.40. The van der Waals surface area contributed by atoms with E-state index in [1.165, 1.54) is 44.9 Å². The van der Waals surface area contributed by atoms with Crippen molar-refractivity contribution in [2.75, 3.05) is 19.7 Å². The van der Waals surface area contributed by atoms with Gasteiger partial charge in [0, 0.05) is 13.0 Å². The summed E-state index contributed by atoms with van der Waals surface area (Å²) in [7, 11) is 0. The van der Waals surface area contributed by atoms with Crippen LogP contribution in [0.5, 0.6) is 0 Å². The lowest BCUT2D eigenvalue weighted by atomic mass is 10.1. The van der Waals surface area contributed by atoms with Crippen LogP contribution in [0.2, 0.25) is 0 Å². The lowest BCUT2D eigenvalue weighted by Gasteiger charge is -2.00. The molecule has 0 bridgehead atoms. The number of carboxylic acid groups (broad SMARTS) is 1. The number of aliphatic hydroxyl groups is 1. The van der Waals surface area contributed by atoms with Crippen molar-refractivity contribution in [3.05, 3.63) is 0 Å². The van der Waals surface area contributed by atoms with E-state index in [2.05, 4.69) is 19.2 Å². The first-order chi connectivity index (χ1) is 10.2. The highest BCUT2D eigenvalue weighted by Gasteiger charge is 1.96. The molecule has 0 fully saturated rings. The van der Waals surface area contributed by atoms with Gasteiger partial charge in [0.05, 0.1) is 0 Å². The first-order valence-corrected chi connectivity index (χ1v) is 8.72. The van der Waals surface area contributed by atoms with Crippen molar-refractivity contribution in [3.8, 4) is 0 Å². The molecule has 0 atom stereocenters. The van der Waals surface area contributed by atoms with E-state index >= 15 is 0 Å². The number of unbranched alkanes of at least 4 members (excludes halogenated alkanes) is 8. The Morgan fingerprint density at radius 3 is 1.81 bits per heavy atom. The minimum atomic E-state index is -0.659. The Bertz CT molecular complexity index is 194. The van der Waals surface area contributed by atoms with Gasteiger partial charge in [0.15, 0.2) is 0 Å². The number of aliphatic carboxylic acids is 1. The van der Waals surface area contributed by atoms with Crippen LogP contribution in [-0.4, -0.2) is 35.9 Å². The van der Waals surface area contributed by atoms with E-state index in [0.29, 0.717) is 13.0 Å². The molecule has 0 aromatic carbocycles. The van der Waals surface area contributed by atoms with E-state index < -0.39 is 5.97 Å². The SMILES string of the molecule is CCCCCCCCCCCC(=O)O.CCNCCCO. The number of hydrogen-bond donors (Lipinski definition) is 3. The maximum absolute atomic E-state index is 10.2. The van der Waals surface area contributed by atoms with Gasteiger partial charge in [-0.05, 0) is 25.9 Å². The molecule has 0 aliphatic rings. The molecule has 0 saturated heterocycles. The molecule has 0 unspecified atom stereocenters. The number of aliphatic hydroxyl groups excluding tert-OH is 1. The van der Waals surface area contributed by atoms with Crippen LogP contribution in [0.25, 0.3) is 0 Å². The smallest absolute Gasteiger partial charge is 0.303 e. The quantitative estimate of drug-likeness (QED) is 0.425. The van der Waals surface area contributed by atoms with E-state index in [0.717, 1.165) is 32.4 Å². The normalized spacial score (nSPS) is 10.0. The van der Waals surface area contributed by atoms with Crippen LogP contribution >= 0.6 is 0 Å². The maximum atomic E-state index is 10.2. The second kappa shape index (κ2) is 21.7. The predicted octanol–water partition coefficient (Wildman–Crippen LogP) is 3.97. The number of nitrogens with one attached hydrogen (secondary N) is 1. The van der Waals surface area contributed by atoms with Crippen LogP contribution in [-0.2, 0) is 4.79 Å². The molecular weight excluding hydrogens is 266 g/mol. The summed E-state index contributed by atoms with van der Waals surface area (Å²) in [6.45, 7) is 6.52. The van der Waals surface area contributed by atoms with Crippen LogP contribution < -0.4 is 5.32 Å². The number of rotatable bonds is 14. The standard InChI is InChI=1S/C12H24O2.C5H13NO/c1-2-3-4-5-6-7-8-9-10-11-12(13)14;1-2-6-4-3-5-7/h2-11H2,1H3,(H,13,14);6-7H,2-5H2,1H3. The highest BCUT2D eigenvalue weighted by Crippen LogP contribution is 2.10. The van der Waals surface area contributed by atoms with Crippen LogP contribution in [0.3, 0.4) is 0 Å². The average molecular weight is 303 g/mol. The fraction of sp³-hybridized carbons (Fsp3) is 0.941. The molecule has 0 radical (unpaired) electrons. The molecule has 0 aromatic rings. The summed E-state index contributed by atoms with van der Waals surface area (Å²) in [6, 6.07) is 0. The summed E-state index contributed by atoms with van der Waals surface area (Å²) in [6.07, 6.45) is 12.3. The zero-order valence-electron chi connectivity index (χ0n) is 14.2. The lowest BCUT2D eigenvalue weighted by molar-refractivity contribution is -0.137. The van der Waals surface area contributed by atoms with Gasteiger partial charge >= 0.3 is 5.97 Å². The largest absolute Gasteiger partial charge is 0.481 e. The molecule has 0 aliphatic heterocycles. The topological polar surface area (TPSA) is 69.6 Å². The van der Waals surface area contributed by atoms with Crippen molar-refractivity contribution < 1.29 is 15.0 Å². The third kappa shape index (κ3) is 28.3. The van der Waals surface area contributed by atoms with Crippen molar-refractivity contribution in [1.29, 1.82) is 0 Å². The van der Waals surface area contributed by atoms with Gasteiger partial charge in [0.1, 0.15) is 0 Å². The first-order valence-electron chi connectivity index (χ1n) is 8.72. The van der Waals surface area contributed by atoms with Crippen LogP contribution in [0.1, 0.15) is 84.5 Å². The summed E-state index contributed by atoms with van der Waals surface area (Å²) < 4.78 is 0. The highest BCUT2D eigenvalue weighted by atomic mass is 16.4. The van der Waals surface area contributed by atoms with E-state index in [1.807, 2.05) is 0 Å². The number of carboxylic acids is 1. The third-order valence-electron chi connectivity index (χ3n) is 3.26. The van der Waals surface area contributed by atoms with Crippen LogP contribution in [0.15, 0.2) is 0 Å². The molecule has 0 aromatic heterocycles. The van der Waals surface area contributed by atoms with Crippen LogP contribution in [0.4, 0.5) is 0 Å². The number of hydrogen-bond acceptors (Lipinski definition) is 3. The van der Waals surface area contributed by atoms with Crippen molar-refractivity contribution in [3.63, 3.8) is 0 Å². The molecule has 0 spiro atoms. The summed E-state index contributed by atoms with van der Waals surface area (Å²) in [5, 5.41) is 19.8. The molecule has 0 rings (SSSR count). The Labute approximate surface area is 131 Å². The molecule has 0 amide bonds. The Kier molecular flexibility index (Phi) is 23.4. The molecule has 0 aliphatic carbocycles. The third-order valence-corrected chi connectivity index (χ3v) is 3.26. The van der Waals surface area contributed by atoms with Gasteiger partial charge in [-0.15, -0.1) is 0 Å². The van der Waals surface area contributed by atoms with E-state index in [1.54, 1.807) is 0 Å². The van der Waals surface area contributed by atoms with Gasteiger partial charge in [-0.25, -0.2) is 0 Å². The highest BCUT2D eigenvalue weighted by molar-refractivity contribution is 5.66. The molecule has 21 heavy (non-hydrogen) atoms. The molecule has 4 heteroatoms. The lowest BCUT2D eigenvalue weighted by Crippen LogP contribution is -2.14. The monoisotopic (exact) mass is 303 g/mol. The zero-order valence-corrected chi connectivity index (χ0v) is 14.2. The van der Waals surface area contributed by atoms with Gasteiger partial charge in [0.25, 0.3) is 0 Å². The summed E-state index contributed by atoms with van der Waals surface area (Å²) in [4.78, 5) is 10.2. The zero-order chi connectivity index (χ0) is 16.2. The minimum absolute atomic E-state index is 0.299. The van der Waals surface area contributed by atoms with Gasteiger partial charge < -0.3 is 15.5 Å². The van der Waals surface area contributed by atoms with Crippen molar-refractivity contribution in [2.24, 2.45) is 0 Å². The summed E-state index contributed by atoms with van der Waals surface area (Å²) in [5.74, 6) is -0.659. The molecule has 0 saturated carbocycles. The summed E-state index contributed by atoms with van der Waals surface area (Å²) in [5.41, 5.74) is 0. The van der Waals surface area contributed by atoms with Crippen LogP contribution in [0, 0.1) is 0 Å². The summed E-state index contributed by atoms with van der Waals surface area (Å²) >= 11 is 0. The fourth-order valence-electron chi connectivity index (χ4n) is 1.97. The molecular formula is C17H37NO3. The predicted molar refractivity (Wildman–Crippen MR) is 89.7 cm³/mol. The number of carbonyl (C=O) groups is 1.